The molecule has 88 valence electrons. The minimum absolute atomic E-state index is 0.530. The van der Waals surface area contributed by atoms with Gasteiger partial charge in [0, 0.05) is 17.8 Å². The summed E-state index contributed by atoms with van der Waals surface area (Å²) in [6.45, 7) is 0.530. The largest absolute Gasteiger partial charge is 0.487 e. The van der Waals surface area contributed by atoms with Crippen LogP contribution in [-0.4, -0.2) is 9.97 Å². The summed E-state index contributed by atoms with van der Waals surface area (Å²) in [6, 6.07) is 13.9. The van der Waals surface area contributed by atoms with Gasteiger partial charge in [0.05, 0.1) is 11.7 Å². The number of rotatable bonds is 3. The van der Waals surface area contributed by atoms with Crippen LogP contribution in [0.2, 0.25) is 0 Å². The van der Waals surface area contributed by atoms with Gasteiger partial charge in [-0.2, -0.15) is 0 Å². The molecule has 0 fully saturated rings. The van der Waals surface area contributed by atoms with Crippen molar-refractivity contribution in [1.82, 2.24) is 9.97 Å². The molecule has 3 rings (SSSR count). The van der Waals surface area contributed by atoms with Gasteiger partial charge in [-0.3, -0.25) is 9.97 Å². The summed E-state index contributed by atoms with van der Waals surface area (Å²) in [5, 5.41) is 1.09. The van der Waals surface area contributed by atoms with Crippen LogP contribution in [0.25, 0.3) is 10.9 Å². The minimum Gasteiger partial charge on any atom is -0.487 e. The molecule has 0 amide bonds. The molecule has 0 atom stereocenters. The van der Waals surface area contributed by atoms with E-state index in [0.29, 0.717) is 6.61 Å². The monoisotopic (exact) mass is 236 g/mol. The van der Waals surface area contributed by atoms with Crippen molar-refractivity contribution in [2.45, 2.75) is 6.61 Å². The van der Waals surface area contributed by atoms with Crippen LogP contribution in [0.15, 0.2) is 61.1 Å². The number of pyridine rings is 2. The number of nitrogens with zero attached hydrogens (tertiary/aromatic N) is 2. The van der Waals surface area contributed by atoms with E-state index in [2.05, 4.69) is 9.97 Å². The minimum atomic E-state index is 0.530. The highest BCUT2D eigenvalue weighted by atomic mass is 16.5. The van der Waals surface area contributed by atoms with E-state index in [1.165, 1.54) is 0 Å². The Morgan fingerprint density at radius 3 is 2.72 bits per heavy atom. The van der Waals surface area contributed by atoms with E-state index in [-0.39, 0.29) is 0 Å². The lowest BCUT2D eigenvalue weighted by atomic mass is 10.2. The fraction of sp³-hybridized carbons (Fsp3) is 0.0667. The Labute approximate surface area is 105 Å². The second-order valence-corrected chi connectivity index (χ2v) is 4.01. The molecule has 2 heterocycles. The third kappa shape index (κ3) is 2.30. The van der Waals surface area contributed by atoms with Crippen LogP contribution in [0, 0.1) is 0 Å². The van der Waals surface area contributed by atoms with Gasteiger partial charge in [-0.25, -0.2) is 0 Å². The van der Waals surface area contributed by atoms with E-state index in [4.69, 9.17) is 4.74 Å². The number of hydrogen-bond acceptors (Lipinski definition) is 3. The Bertz CT molecular complexity index is 653. The molecule has 0 N–H and O–H groups in total. The fourth-order valence-electron chi connectivity index (χ4n) is 1.78. The maximum atomic E-state index is 5.71. The fourth-order valence-corrected chi connectivity index (χ4v) is 1.78. The molecule has 1 aromatic carbocycles. The Hall–Kier alpha value is -2.42. The summed E-state index contributed by atoms with van der Waals surface area (Å²) >= 11 is 0. The summed E-state index contributed by atoms with van der Waals surface area (Å²) in [5.74, 6) is 0.783. The molecule has 3 heteroatoms. The SMILES string of the molecule is c1ccc2ncc(OCc3ccncc3)cc2c1. The van der Waals surface area contributed by atoms with Crippen molar-refractivity contribution in [1.29, 1.82) is 0 Å². The molecular formula is C15H12N2O. The second kappa shape index (κ2) is 4.84. The van der Waals surface area contributed by atoms with Crippen LogP contribution in [0.3, 0.4) is 0 Å². The van der Waals surface area contributed by atoms with Gasteiger partial charge in [0.15, 0.2) is 0 Å². The number of para-hydroxylation sites is 1. The van der Waals surface area contributed by atoms with E-state index in [1.807, 2.05) is 42.5 Å². The van der Waals surface area contributed by atoms with Crippen LogP contribution >= 0.6 is 0 Å². The first-order valence-corrected chi connectivity index (χ1v) is 5.78. The summed E-state index contributed by atoms with van der Waals surface area (Å²) in [5.41, 5.74) is 2.08. The maximum absolute atomic E-state index is 5.71. The molecule has 0 saturated carbocycles. The molecule has 18 heavy (non-hydrogen) atoms. The summed E-state index contributed by atoms with van der Waals surface area (Å²) in [7, 11) is 0. The average Bonchev–Trinajstić information content (AvgIpc) is 2.46. The smallest absolute Gasteiger partial charge is 0.138 e. The molecule has 0 aliphatic rings. The van der Waals surface area contributed by atoms with Gasteiger partial charge in [-0.1, -0.05) is 18.2 Å². The van der Waals surface area contributed by atoms with Crippen LogP contribution in [0.5, 0.6) is 5.75 Å². The summed E-state index contributed by atoms with van der Waals surface area (Å²) in [6.07, 6.45) is 5.28. The molecule has 2 aromatic heterocycles. The quantitative estimate of drug-likeness (QED) is 0.700. The first-order chi connectivity index (χ1) is 8.92. The van der Waals surface area contributed by atoms with Crippen LogP contribution in [-0.2, 0) is 6.61 Å². The van der Waals surface area contributed by atoms with E-state index in [1.54, 1.807) is 18.6 Å². The Morgan fingerprint density at radius 2 is 1.83 bits per heavy atom. The summed E-state index contributed by atoms with van der Waals surface area (Å²) in [4.78, 5) is 8.33. The van der Waals surface area contributed by atoms with E-state index in [0.717, 1.165) is 22.2 Å². The molecule has 0 unspecified atom stereocenters. The number of ether oxygens (including phenoxy) is 1. The van der Waals surface area contributed by atoms with Gasteiger partial charge in [-0.05, 0) is 29.8 Å². The lowest BCUT2D eigenvalue weighted by molar-refractivity contribution is 0.305. The first kappa shape index (κ1) is 10.7. The average molecular weight is 236 g/mol. The predicted molar refractivity (Wildman–Crippen MR) is 70.3 cm³/mol. The predicted octanol–water partition coefficient (Wildman–Crippen LogP) is 3.21. The lowest BCUT2D eigenvalue weighted by Crippen LogP contribution is -1.95. The zero-order chi connectivity index (χ0) is 12.2. The number of fused-ring (bicyclic) bond motifs is 1. The zero-order valence-electron chi connectivity index (χ0n) is 9.78. The van der Waals surface area contributed by atoms with Gasteiger partial charge in [0.1, 0.15) is 12.4 Å². The topological polar surface area (TPSA) is 35.0 Å². The third-order valence-corrected chi connectivity index (χ3v) is 2.72. The molecule has 3 aromatic rings. The highest BCUT2D eigenvalue weighted by molar-refractivity contribution is 5.79. The van der Waals surface area contributed by atoms with Gasteiger partial charge >= 0.3 is 0 Å². The molecule has 0 aliphatic heterocycles. The van der Waals surface area contributed by atoms with Crippen molar-refractivity contribution in [3.8, 4) is 5.75 Å². The van der Waals surface area contributed by atoms with Crippen molar-refractivity contribution in [3.63, 3.8) is 0 Å². The van der Waals surface area contributed by atoms with E-state index < -0.39 is 0 Å². The van der Waals surface area contributed by atoms with Gasteiger partial charge < -0.3 is 4.74 Å². The molecule has 0 spiro atoms. The molecule has 0 aliphatic carbocycles. The summed E-state index contributed by atoms with van der Waals surface area (Å²) < 4.78 is 5.71. The third-order valence-electron chi connectivity index (χ3n) is 2.72. The van der Waals surface area contributed by atoms with Crippen LogP contribution in [0.4, 0.5) is 0 Å². The van der Waals surface area contributed by atoms with Gasteiger partial charge in [0.2, 0.25) is 0 Å². The number of benzene rings is 1. The van der Waals surface area contributed by atoms with E-state index >= 15 is 0 Å². The van der Waals surface area contributed by atoms with Gasteiger partial charge in [-0.15, -0.1) is 0 Å². The standard InChI is InChI=1S/C15H12N2O/c1-2-4-15-13(3-1)9-14(10-17-15)18-11-12-5-7-16-8-6-12/h1-10H,11H2. The molecule has 3 nitrogen and oxygen atoms in total. The highest BCUT2D eigenvalue weighted by Crippen LogP contribution is 2.18. The van der Waals surface area contributed by atoms with Crippen LogP contribution in [0.1, 0.15) is 5.56 Å². The van der Waals surface area contributed by atoms with Crippen molar-refractivity contribution in [2.75, 3.05) is 0 Å². The molecule has 0 bridgehead atoms. The Kier molecular flexibility index (Phi) is 2.88. The number of hydrogen-bond donors (Lipinski definition) is 0. The maximum Gasteiger partial charge on any atom is 0.138 e. The Balaban J connectivity index is 1.79. The molecule has 0 radical (unpaired) electrons. The van der Waals surface area contributed by atoms with Crippen LogP contribution < -0.4 is 4.74 Å². The zero-order valence-corrected chi connectivity index (χ0v) is 9.78. The first-order valence-electron chi connectivity index (χ1n) is 5.78. The Morgan fingerprint density at radius 1 is 1.00 bits per heavy atom. The second-order valence-electron chi connectivity index (χ2n) is 4.01. The highest BCUT2D eigenvalue weighted by Gasteiger charge is 1.99. The van der Waals surface area contributed by atoms with Crippen molar-refractivity contribution in [2.24, 2.45) is 0 Å². The van der Waals surface area contributed by atoms with E-state index in [9.17, 15) is 0 Å². The van der Waals surface area contributed by atoms with Crippen molar-refractivity contribution >= 4 is 10.9 Å². The van der Waals surface area contributed by atoms with Gasteiger partial charge in [0.25, 0.3) is 0 Å². The normalized spacial score (nSPS) is 10.4. The lowest BCUT2D eigenvalue weighted by Gasteiger charge is -2.06. The molecule has 0 saturated heterocycles. The van der Waals surface area contributed by atoms with Crippen molar-refractivity contribution < 1.29 is 4.74 Å². The number of aromatic nitrogens is 2. The van der Waals surface area contributed by atoms with Crippen molar-refractivity contribution in [3.05, 3.63) is 66.6 Å². The molecular weight excluding hydrogens is 224 g/mol.